The van der Waals surface area contributed by atoms with Crippen LogP contribution in [-0.4, -0.2) is 43.5 Å². The number of amides is 1. The molecule has 0 saturated heterocycles. The Labute approximate surface area is 137 Å². The fourth-order valence-electron chi connectivity index (χ4n) is 1.74. The summed E-state index contributed by atoms with van der Waals surface area (Å²) in [5, 5.41) is 2.97. The molecule has 0 aromatic carbocycles. The number of likely N-dealkylation sites (N-methyl/N-ethyl adjacent to an activating group) is 1. The highest BCUT2D eigenvalue weighted by Crippen LogP contribution is 2.17. The highest BCUT2D eigenvalue weighted by atomic mass is 35.5. The molecule has 0 fully saturated rings. The Hall–Kier alpha value is -0.0300. The number of rotatable bonds is 6. The average Bonchev–Trinajstić information content (AvgIpc) is 2.20. The van der Waals surface area contributed by atoms with E-state index in [9.17, 15) is 4.79 Å². The highest BCUT2D eigenvalue weighted by molar-refractivity contribution is 5.85. The maximum atomic E-state index is 11.9. The summed E-state index contributed by atoms with van der Waals surface area (Å²) in [5.74, 6) is 0.559. The lowest BCUT2D eigenvalue weighted by atomic mass is 9.87. The van der Waals surface area contributed by atoms with E-state index in [2.05, 4.69) is 24.1 Å². The van der Waals surface area contributed by atoms with Crippen LogP contribution in [0.4, 0.5) is 0 Å². The van der Waals surface area contributed by atoms with Gasteiger partial charge < -0.3 is 16.0 Å². The van der Waals surface area contributed by atoms with Crippen molar-refractivity contribution in [3.63, 3.8) is 0 Å². The Morgan fingerprint density at radius 3 is 1.95 bits per heavy atom. The SMILES string of the molecule is CC(C)CC(CNC(=O)[C@@H](N)C(C)(C)C)N(C)C.Cl.Cl. The number of carbonyl (C=O) groups is 1. The van der Waals surface area contributed by atoms with Crippen LogP contribution in [0.2, 0.25) is 0 Å². The quantitative estimate of drug-likeness (QED) is 0.786. The van der Waals surface area contributed by atoms with Gasteiger partial charge in [0.05, 0.1) is 6.04 Å². The summed E-state index contributed by atoms with van der Waals surface area (Å²) >= 11 is 0. The van der Waals surface area contributed by atoms with Gasteiger partial charge in [0.25, 0.3) is 0 Å². The van der Waals surface area contributed by atoms with Crippen molar-refractivity contribution >= 4 is 30.7 Å². The minimum absolute atomic E-state index is 0. The van der Waals surface area contributed by atoms with Crippen molar-refractivity contribution in [2.24, 2.45) is 17.1 Å². The van der Waals surface area contributed by atoms with E-state index in [1.54, 1.807) is 0 Å². The second-order valence-corrected chi connectivity index (χ2v) is 6.84. The third-order valence-electron chi connectivity index (χ3n) is 3.20. The molecule has 124 valence electrons. The molecule has 20 heavy (non-hydrogen) atoms. The van der Waals surface area contributed by atoms with Crippen molar-refractivity contribution in [2.75, 3.05) is 20.6 Å². The van der Waals surface area contributed by atoms with Crippen LogP contribution in [0.5, 0.6) is 0 Å². The molecule has 1 amide bonds. The molecule has 3 N–H and O–H groups in total. The van der Waals surface area contributed by atoms with Crippen molar-refractivity contribution in [1.29, 1.82) is 0 Å². The van der Waals surface area contributed by atoms with E-state index < -0.39 is 6.04 Å². The minimum Gasteiger partial charge on any atom is -0.353 e. The highest BCUT2D eigenvalue weighted by Gasteiger charge is 2.27. The standard InChI is InChI=1S/C14H31N3O.2ClH/c1-10(2)8-11(17(6)7)9-16-13(18)12(15)14(3,4)5;;/h10-12H,8-9,15H2,1-7H3,(H,16,18);2*1H/t11?,12-;;/m1../s1. The van der Waals surface area contributed by atoms with Crippen LogP contribution in [-0.2, 0) is 4.79 Å². The molecule has 2 atom stereocenters. The zero-order valence-electron chi connectivity index (χ0n) is 13.9. The van der Waals surface area contributed by atoms with Gasteiger partial charge in [0, 0.05) is 12.6 Å². The fourth-order valence-corrected chi connectivity index (χ4v) is 1.74. The second-order valence-electron chi connectivity index (χ2n) is 6.84. The van der Waals surface area contributed by atoms with Crippen LogP contribution in [0.25, 0.3) is 0 Å². The normalized spacial score (nSPS) is 14.3. The summed E-state index contributed by atoms with van der Waals surface area (Å²) in [6.45, 7) is 11.0. The topological polar surface area (TPSA) is 58.4 Å². The number of nitrogens with zero attached hydrogens (tertiary/aromatic N) is 1. The van der Waals surface area contributed by atoms with Crippen LogP contribution >= 0.6 is 24.8 Å². The van der Waals surface area contributed by atoms with E-state index in [0.29, 0.717) is 18.5 Å². The van der Waals surface area contributed by atoms with Crippen molar-refractivity contribution in [3.05, 3.63) is 0 Å². The molecular formula is C14H33Cl2N3O. The molecule has 0 saturated carbocycles. The molecule has 0 aliphatic rings. The summed E-state index contributed by atoms with van der Waals surface area (Å²) in [6.07, 6.45) is 1.07. The van der Waals surface area contributed by atoms with E-state index in [1.165, 1.54) is 0 Å². The first kappa shape index (κ1) is 25.0. The number of halogens is 2. The number of hydrogen-bond acceptors (Lipinski definition) is 3. The molecule has 0 spiro atoms. The first-order valence-corrected chi connectivity index (χ1v) is 6.75. The van der Waals surface area contributed by atoms with Crippen LogP contribution in [0.1, 0.15) is 41.0 Å². The van der Waals surface area contributed by atoms with Gasteiger partial charge in [-0.05, 0) is 31.8 Å². The van der Waals surface area contributed by atoms with Crippen LogP contribution < -0.4 is 11.1 Å². The zero-order valence-corrected chi connectivity index (χ0v) is 15.5. The van der Waals surface area contributed by atoms with Gasteiger partial charge in [0.1, 0.15) is 0 Å². The third kappa shape index (κ3) is 9.81. The van der Waals surface area contributed by atoms with Gasteiger partial charge in [-0.25, -0.2) is 0 Å². The van der Waals surface area contributed by atoms with Gasteiger partial charge in [0.15, 0.2) is 0 Å². The fraction of sp³-hybridized carbons (Fsp3) is 0.929. The molecule has 4 nitrogen and oxygen atoms in total. The Morgan fingerprint density at radius 2 is 1.65 bits per heavy atom. The van der Waals surface area contributed by atoms with Gasteiger partial charge in [0.2, 0.25) is 5.91 Å². The summed E-state index contributed by atoms with van der Waals surface area (Å²) in [5.41, 5.74) is 5.73. The van der Waals surface area contributed by atoms with Crippen molar-refractivity contribution in [2.45, 2.75) is 53.1 Å². The Bertz CT molecular complexity index is 266. The van der Waals surface area contributed by atoms with E-state index in [-0.39, 0.29) is 36.1 Å². The van der Waals surface area contributed by atoms with Crippen molar-refractivity contribution in [1.82, 2.24) is 10.2 Å². The van der Waals surface area contributed by atoms with Crippen LogP contribution in [0, 0.1) is 11.3 Å². The predicted molar refractivity (Wildman–Crippen MR) is 91.9 cm³/mol. The Morgan fingerprint density at radius 1 is 1.20 bits per heavy atom. The molecule has 0 heterocycles. The van der Waals surface area contributed by atoms with Gasteiger partial charge in [-0.1, -0.05) is 34.6 Å². The second kappa shape index (κ2) is 10.7. The number of nitrogens with two attached hydrogens (primary N) is 1. The Kier molecular flexibility index (Phi) is 13.3. The van der Waals surface area contributed by atoms with E-state index >= 15 is 0 Å². The molecule has 0 bridgehead atoms. The van der Waals surface area contributed by atoms with Gasteiger partial charge in [-0.3, -0.25) is 4.79 Å². The predicted octanol–water partition coefficient (Wildman–Crippen LogP) is 2.30. The van der Waals surface area contributed by atoms with Crippen molar-refractivity contribution < 1.29 is 4.79 Å². The molecule has 0 aromatic rings. The minimum atomic E-state index is -0.459. The molecule has 0 aromatic heterocycles. The van der Waals surface area contributed by atoms with Crippen molar-refractivity contribution in [3.8, 4) is 0 Å². The van der Waals surface area contributed by atoms with Crippen LogP contribution in [0.3, 0.4) is 0 Å². The maximum Gasteiger partial charge on any atom is 0.237 e. The lowest BCUT2D eigenvalue weighted by Gasteiger charge is -2.29. The third-order valence-corrected chi connectivity index (χ3v) is 3.20. The molecule has 0 rings (SSSR count). The molecular weight excluding hydrogens is 297 g/mol. The molecule has 1 unspecified atom stereocenters. The monoisotopic (exact) mass is 329 g/mol. The first-order valence-electron chi connectivity index (χ1n) is 6.75. The number of hydrogen-bond donors (Lipinski definition) is 2. The van der Waals surface area contributed by atoms with Gasteiger partial charge in [-0.2, -0.15) is 0 Å². The summed E-state index contributed by atoms with van der Waals surface area (Å²) in [7, 11) is 4.09. The van der Waals surface area contributed by atoms with E-state index in [1.807, 2.05) is 34.9 Å². The lowest BCUT2D eigenvalue weighted by molar-refractivity contribution is -0.124. The maximum absolute atomic E-state index is 11.9. The summed E-state index contributed by atoms with van der Waals surface area (Å²) in [4.78, 5) is 14.1. The summed E-state index contributed by atoms with van der Waals surface area (Å²) in [6, 6.07) is -0.0968. The summed E-state index contributed by atoms with van der Waals surface area (Å²) < 4.78 is 0. The molecule has 0 radical (unpaired) electrons. The zero-order chi connectivity index (χ0) is 14.5. The smallest absolute Gasteiger partial charge is 0.237 e. The van der Waals surface area contributed by atoms with Gasteiger partial charge in [-0.15, -0.1) is 24.8 Å². The van der Waals surface area contributed by atoms with Gasteiger partial charge >= 0.3 is 0 Å². The van der Waals surface area contributed by atoms with E-state index in [0.717, 1.165) is 6.42 Å². The molecule has 0 aliphatic carbocycles. The molecule has 6 heteroatoms. The number of nitrogens with one attached hydrogen (secondary N) is 1. The lowest BCUT2D eigenvalue weighted by Crippen LogP contribution is -2.51. The molecule has 0 aliphatic heterocycles. The Balaban J connectivity index is -0.00000144. The largest absolute Gasteiger partial charge is 0.353 e. The first-order chi connectivity index (χ1) is 8.05. The van der Waals surface area contributed by atoms with Crippen LogP contribution in [0.15, 0.2) is 0 Å². The average molecular weight is 330 g/mol. The van der Waals surface area contributed by atoms with E-state index in [4.69, 9.17) is 5.73 Å². The number of carbonyl (C=O) groups excluding carboxylic acids is 1.